The molecule has 2 rings (SSSR count). The zero-order valence-electron chi connectivity index (χ0n) is 7.76. The van der Waals surface area contributed by atoms with Crippen molar-refractivity contribution in [3.8, 4) is 0 Å². The van der Waals surface area contributed by atoms with Crippen molar-refractivity contribution in [3.05, 3.63) is 29.7 Å². The summed E-state index contributed by atoms with van der Waals surface area (Å²) in [6.45, 7) is 1.60. The van der Waals surface area contributed by atoms with Gasteiger partial charge in [-0.3, -0.25) is 0 Å². The van der Waals surface area contributed by atoms with Gasteiger partial charge in [0, 0.05) is 6.42 Å². The number of halogens is 2. The monoisotopic (exact) mass is 199 g/mol. The second-order valence-corrected chi connectivity index (χ2v) is 3.70. The van der Waals surface area contributed by atoms with Crippen LogP contribution in [0.5, 0.6) is 0 Å². The molecule has 1 aliphatic rings. The van der Waals surface area contributed by atoms with Crippen molar-refractivity contribution in [2.45, 2.75) is 24.8 Å². The highest BCUT2D eigenvalue weighted by molar-refractivity contribution is 5.54. The van der Waals surface area contributed by atoms with E-state index in [1.54, 1.807) is 25.1 Å². The molecule has 76 valence electrons. The topological polar surface area (TPSA) is 39.2 Å². The molecule has 1 heterocycles. The maximum atomic E-state index is 12.9. The minimum atomic E-state index is -2.76. The molecule has 0 spiro atoms. The van der Waals surface area contributed by atoms with E-state index >= 15 is 0 Å². The van der Waals surface area contributed by atoms with Crippen molar-refractivity contribution in [1.29, 1.82) is 0 Å². The van der Waals surface area contributed by atoms with Gasteiger partial charge >= 0.3 is 0 Å². The molecule has 14 heavy (non-hydrogen) atoms. The van der Waals surface area contributed by atoms with E-state index in [1.165, 1.54) is 6.26 Å². The Balaban J connectivity index is 2.22. The van der Waals surface area contributed by atoms with E-state index in [0.717, 1.165) is 0 Å². The number of alkyl halides is 2. The molecule has 0 bridgehead atoms. The summed E-state index contributed by atoms with van der Waals surface area (Å²) in [4.78, 5) is 0. The Kier molecular flexibility index (Phi) is 1.79. The highest BCUT2D eigenvalue weighted by Gasteiger charge is 2.69. The molecule has 2 N–H and O–H groups in total. The van der Waals surface area contributed by atoms with Crippen LogP contribution in [0.15, 0.2) is 28.4 Å². The van der Waals surface area contributed by atoms with E-state index in [4.69, 9.17) is 10.2 Å². The summed E-state index contributed by atoms with van der Waals surface area (Å²) in [6.07, 6.45) is 2.78. The molecule has 1 atom stereocenters. The second kappa shape index (κ2) is 2.67. The van der Waals surface area contributed by atoms with Gasteiger partial charge in [-0.2, -0.15) is 0 Å². The Morgan fingerprint density at radius 1 is 1.64 bits per heavy atom. The van der Waals surface area contributed by atoms with Gasteiger partial charge in [0.25, 0.3) is 5.92 Å². The van der Waals surface area contributed by atoms with Crippen LogP contribution in [0.2, 0.25) is 0 Å². The summed E-state index contributed by atoms with van der Waals surface area (Å²) in [5.41, 5.74) is 4.52. The zero-order valence-corrected chi connectivity index (χ0v) is 7.76. The number of rotatable bonds is 2. The summed E-state index contributed by atoms with van der Waals surface area (Å²) < 4.78 is 30.7. The summed E-state index contributed by atoms with van der Waals surface area (Å²) in [7, 11) is 0. The molecule has 1 aromatic rings. The third-order valence-electron chi connectivity index (χ3n) is 2.63. The molecular weight excluding hydrogens is 188 g/mol. The van der Waals surface area contributed by atoms with E-state index in [9.17, 15) is 8.78 Å². The van der Waals surface area contributed by atoms with Crippen LogP contribution in [0.3, 0.4) is 0 Å². The quantitative estimate of drug-likeness (QED) is 0.794. The maximum Gasteiger partial charge on any atom is 0.272 e. The van der Waals surface area contributed by atoms with E-state index < -0.39 is 11.5 Å². The Morgan fingerprint density at radius 2 is 2.29 bits per heavy atom. The van der Waals surface area contributed by atoms with Crippen LogP contribution < -0.4 is 5.73 Å². The van der Waals surface area contributed by atoms with Crippen molar-refractivity contribution >= 4 is 6.08 Å². The molecule has 1 saturated carbocycles. The SMILES string of the molecule is C/C(=C\c1ccco1)C1(N)CC1(F)F. The lowest BCUT2D eigenvalue weighted by Crippen LogP contribution is -2.31. The molecule has 2 nitrogen and oxygen atoms in total. The van der Waals surface area contributed by atoms with Crippen LogP contribution >= 0.6 is 0 Å². The van der Waals surface area contributed by atoms with Crippen LogP contribution in [-0.2, 0) is 0 Å². The smallest absolute Gasteiger partial charge is 0.272 e. The van der Waals surface area contributed by atoms with Gasteiger partial charge in [0.15, 0.2) is 0 Å². The summed E-state index contributed by atoms with van der Waals surface area (Å²) in [6, 6.07) is 3.40. The number of hydrogen-bond acceptors (Lipinski definition) is 2. The van der Waals surface area contributed by atoms with Gasteiger partial charge in [-0.05, 0) is 30.7 Å². The van der Waals surface area contributed by atoms with E-state index in [-0.39, 0.29) is 6.42 Å². The highest BCUT2D eigenvalue weighted by atomic mass is 19.3. The lowest BCUT2D eigenvalue weighted by Gasteiger charge is -2.09. The first-order chi connectivity index (χ1) is 6.46. The molecule has 0 aliphatic heterocycles. The Bertz CT molecular complexity index is 369. The molecule has 1 aliphatic carbocycles. The van der Waals surface area contributed by atoms with Crippen molar-refractivity contribution in [2.24, 2.45) is 5.73 Å². The van der Waals surface area contributed by atoms with Crippen molar-refractivity contribution in [2.75, 3.05) is 0 Å². The van der Waals surface area contributed by atoms with Gasteiger partial charge in [-0.25, -0.2) is 8.78 Å². The fourth-order valence-corrected chi connectivity index (χ4v) is 1.45. The van der Waals surface area contributed by atoms with Gasteiger partial charge < -0.3 is 10.2 Å². The molecule has 0 amide bonds. The lowest BCUT2D eigenvalue weighted by atomic mass is 10.1. The molecular formula is C10H11F2NO. The Labute approximate surface area is 80.4 Å². The molecule has 1 unspecified atom stereocenters. The van der Waals surface area contributed by atoms with Gasteiger partial charge in [0.2, 0.25) is 0 Å². The van der Waals surface area contributed by atoms with E-state index in [1.807, 2.05) is 0 Å². The van der Waals surface area contributed by atoms with Crippen LogP contribution in [0.4, 0.5) is 8.78 Å². The Morgan fingerprint density at radius 3 is 2.71 bits per heavy atom. The maximum absolute atomic E-state index is 12.9. The standard InChI is InChI=1S/C10H11F2NO/c1-7(5-8-3-2-4-14-8)9(13)6-10(9,11)12/h2-5H,6,13H2,1H3/b7-5+. The predicted octanol–water partition coefficient (Wildman–Crippen LogP) is 2.42. The normalized spacial score (nSPS) is 30.4. The lowest BCUT2D eigenvalue weighted by molar-refractivity contribution is 0.0975. The molecule has 0 radical (unpaired) electrons. The van der Waals surface area contributed by atoms with Gasteiger partial charge in [-0.1, -0.05) is 0 Å². The first-order valence-electron chi connectivity index (χ1n) is 4.35. The number of furan rings is 1. The average molecular weight is 199 g/mol. The fourth-order valence-electron chi connectivity index (χ4n) is 1.45. The minimum absolute atomic E-state index is 0.275. The van der Waals surface area contributed by atoms with Gasteiger partial charge in [-0.15, -0.1) is 0 Å². The molecule has 1 fully saturated rings. The summed E-state index contributed by atoms with van der Waals surface area (Å²) in [5, 5.41) is 0. The molecule has 0 saturated heterocycles. The average Bonchev–Trinajstić information content (AvgIpc) is 2.54. The minimum Gasteiger partial charge on any atom is -0.465 e. The van der Waals surface area contributed by atoms with E-state index in [2.05, 4.69) is 0 Å². The van der Waals surface area contributed by atoms with Crippen molar-refractivity contribution in [1.82, 2.24) is 0 Å². The summed E-state index contributed by atoms with van der Waals surface area (Å²) >= 11 is 0. The Hall–Kier alpha value is -1.16. The molecule has 1 aromatic heterocycles. The largest absolute Gasteiger partial charge is 0.465 e. The highest BCUT2D eigenvalue weighted by Crippen LogP contribution is 2.55. The van der Waals surface area contributed by atoms with Gasteiger partial charge in [0.1, 0.15) is 11.3 Å². The predicted molar refractivity (Wildman–Crippen MR) is 48.8 cm³/mol. The van der Waals surface area contributed by atoms with Crippen molar-refractivity contribution in [3.63, 3.8) is 0 Å². The first kappa shape index (κ1) is 9.40. The molecule has 4 heteroatoms. The van der Waals surface area contributed by atoms with Crippen LogP contribution in [0.1, 0.15) is 19.1 Å². The zero-order chi connectivity index (χ0) is 10.4. The second-order valence-electron chi connectivity index (χ2n) is 3.70. The van der Waals surface area contributed by atoms with Crippen LogP contribution in [-0.4, -0.2) is 11.5 Å². The number of hydrogen-bond donors (Lipinski definition) is 1. The third kappa shape index (κ3) is 1.26. The first-order valence-corrected chi connectivity index (χ1v) is 4.35. The van der Waals surface area contributed by atoms with Crippen LogP contribution in [0, 0.1) is 0 Å². The summed E-state index contributed by atoms with van der Waals surface area (Å²) in [5.74, 6) is -2.21. The van der Waals surface area contributed by atoms with Crippen LogP contribution in [0.25, 0.3) is 6.08 Å². The number of nitrogens with two attached hydrogens (primary N) is 1. The van der Waals surface area contributed by atoms with Gasteiger partial charge in [0.05, 0.1) is 6.26 Å². The molecule has 0 aromatic carbocycles. The van der Waals surface area contributed by atoms with Crippen molar-refractivity contribution < 1.29 is 13.2 Å². The fraction of sp³-hybridized carbons (Fsp3) is 0.400. The third-order valence-corrected chi connectivity index (χ3v) is 2.63. The van der Waals surface area contributed by atoms with E-state index in [0.29, 0.717) is 11.3 Å².